The average molecular weight is 869 g/mol. The quantitative estimate of drug-likeness (QED) is 0.0685. The van der Waals surface area contributed by atoms with Crippen molar-refractivity contribution in [3.8, 4) is 0 Å². The first-order chi connectivity index (χ1) is 28.0. The van der Waals surface area contributed by atoms with Gasteiger partial charge in [0, 0.05) is 11.8 Å². The molecule has 25 unspecified atom stereocenters. The van der Waals surface area contributed by atoms with Gasteiger partial charge in [-0.3, -0.25) is 0 Å². The molecular weight excluding hydrogens is 808 g/mol. The fourth-order valence-corrected chi connectivity index (χ4v) is 7.61. The Hall–Kier alpha value is -1.00. The first-order valence-corrected chi connectivity index (χ1v) is 19.3. The van der Waals surface area contributed by atoms with Crippen LogP contribution in [0.4, 0.5) is 0 Å². The lowest BCUT2D eigenvalue weighted by Gasteiger charge is -2.50. The van der Waals surface area contributed by atoms with E-state index < -0.39 is 186 Å². The predicted octanol–water partition coefficient (Wildman–Crippen LogP) is -9.36. The molecule has 0 radical (unpaired) electrons. The molecule has 0 aliphatic carbocycles. The van der Waals surface area contributed by atoms with Crippen molar-refractivity contribution in [3.63, 3.8) is 0 Å². The van der Waals surface area contributed by atoms with Crippen molar-refractivity contribution in [2.24, 2.45) is 11.8 Å². The molecule has 0 aromatic rings. The molecule has 0 bridgehead atoms. The Morgan fingerprint density at radius 1 is 0.356 bits per heavy atom. The van der Waals surface area contributed by atoms with Gasteiger partial charge in [-0.05, 0) is 0 Å². The number of hydrogen-bond acceptors (Lipinski definition) is 25. The minimum Gasteiger partial charge on any atom is -0.394 e. The highest BCUT2D eigenvalue weighted by molar-refractivity contribution is 4.98. The van der Waals surface area contributed by atoms with Crippen LogP contribution in [0, 0.1) is 11.8 Å². The van der Waals surface area contributed by atoms with Crippen LogP contribution < -0.4 is 0 Å². The Balaban J connectivity index is 1.34. The minimum atomic E-state index is -2.06. The smallest absolute Gasteiger partial charge is 0.187 e. The van der Waals surface area contributed by atoms with Crippen LogP contribution in [0.25, 0.3) is 0 Å². The molecule has 0 amide bonds. The van der Waals surface area contributed by atoms with Crippen molar-refractivity contribution in [2.75, 3.05) is 46.2 Å². The molecule has 5 heterocycles. The fraction of sp³-hybridized carbons (Fsp3) is 1.00. The Labute approximate surface area is 337 Å². The molecule has 5 rings (SSSR count). The molecule has 25 heteroatoms. The van der Waals surface area contributed by atoms with E-state index in [2.05, 4.69) is 0 Å². The van der Waals surface area contributed by atoms with E-state index in [0.29, 0.717) is 0 Å². The normalized spacial score (nSPS) is 51.1. The zero-order valence-corrected chi connectivity index (χ0v) is 32.2. The third-order valence-corrected chi connectivity index (χ3v) is 11.3. The van der Waals surface area contributed by atoms with Crippen LogP contribution in [0.2, 0.25) is 0 Å². The molecule has 5 saturated heterocycles. The highest BCUT2D eigenvalue weighted by Gasteiger charge is 2.55. The van der Waals surface area contributed by atoms with Gasteiger partial charge in [-0.25, -0.2) is 0 Å². The van der Waals surface area contributed by atoms with E-state index in [1.54, 1.807) is 6.92 Å². The van der Waals surface area contributed by atoms with E-state index in [-0.39, 0.29) is 13.2 Å². The van der Waals surface area contributed by atoms with Gasteiger partial charge < -0.3 is 124 Å². The highest BCUT2D eigenvalue weighted by atomic mass is 16.8. The second-order valence-corrected chi connectivity index (χ2v) is 15.3. The van der Waals surface area contributed by atoms with Crippen molar-refractivity contribution in [3.05, 3.63) is 0 Å². The second kappa shape index (κ2) is 21.6. The summed E-state index contributed by atoms with van der Waals surface area (Å²) >= 11 is 0. The fourth-order valence-electron chi connectivity index (χ4n) is 7.61. The van der Waals surface area contributed by atoms with Crippen molar-refractivity contribution in [2.45, 2.75) is 155 Å². The van der Waals surface area contributed by atoms with Crippen LogP contribution in [-0.2, 0) is 47.4 Å². The summed E-state index contributed by atoms with van der Waals surface area (Å²) in [6, 6.07) is 0. The first kappa shape index (κ1) is 49.0. The van der Waals surface area contributed by atoms with Crippen LogP contribution in [0.5, 0.6) is 0 Å². The lowest BCUT2D eigenvalue weighted by atomic mass is 9.90. The van der Waals surface area contributed by atoms with Crippen LogP contribution in [0.3, 0.4) is 0 Å². The van der Waals surface area contributed by atoms with Gasteiger partial charge in [0.2, 0.25) is 0 Å². The molecular formula is C34H60O25. The summed E-state index contributed by atoms with van der Waals surface area (Å²) in [5.41, 5.74) is 0. The van der Waals surface area contributed by atoms with Crippen LogP contribution >= 0.6 is 0 Å². The van der Waals surface area contributed by atoms with Crippen molar-refractivity contribution >= 4 is 0 Å². The van der Waals surface area contributed by atoms with Gasteiger partial charge in [0.15, 0.2) is 31.5 Å². The molecule has 0 aromatic heterocycles. The maximum Gasteiger partial charge on any atom is 0.187 e. The summed E-state index contributed by atoms with van der Waals surface area (Å²) in [5.74, 6) is -1.76. The Kier molecular flexibility index (Phi) is 17.9. The number of rotatable bonds is 16. The lowest BCUT2D eigenvalue weighted by molar-refractivity contribution is -0.387. The van der Waals surface area contributed by atoms with E-state index in [0.717, 1.165) is 0 Å². The average Bonchev–Trinajstić information content (AvgIpc) is 3.23. The summed E-state index contributed by atoms with van der Waals surface area (Å²) in [5, 5.41) is 157. The van der Waals surface area contributed by atoms with E-state index in [9.17, 15) is 71.5 Å². The monoisotopic (exact) mass is 868 g/mol. The molecule has 15 N–H and O–H groups in total. The Bertz CT molecular complexity index is 1250. The summed E-state index contributed by atoms with van der Waals surface area (Å²) in [7, 11) is 0. The molecule has 25 atom stereocenters. The number of hydrogen-bond donors (Lipinski definition) is 15. The lowest BCUT2D eigenvalue weighted by Crippen LogP contribution is -2.67. The molecule has 59 heavy (non-hydrogen) atoms. The van der Waals surface area contributed by atoms with Gasteiger partial charge in [0.1, 0.15) is 97.7 Å². The second-order valence-electron chi connectivity index (χ2n) is 15.3. The summed E-state index contributed by atoms with van der Waals surface area (Å²) < 4.78 is 57.1. The van der Waals surface area contributed by atoms with Gasteiger partial charge in [-0.2, -0.15) is 0 Å². The number of aliphatic hydroxyl groups is 15. The van der Waals surface area contributed by atoms with Crippen molar-refractivity contribution in [1.29, 1.82) is 0 Å². The van der Waals surface area contributed by atoms with Gasteiger partial charge in [-0.1, -0.05) is 13.8 Å². The molecule has 346 valence electrons. The van der Waals surface area contributed by atoms with Gasteiger partial charge in [-0.15, -0.1) is 0 Å². The number of ether oxygens (including phenoxy) is 10. The maximum absolute atomic E-state index is 11.6. The molecule has 5 aliphatic rings. The van der Waals surface area contributed by atoms with Crippen LogP contribution in [0.15, 0.2) is 0 Å². The molecule has 5 fully saturated rings. The third kappa shape index (κ3) is 10.5. The first-order valence-electron chi connectivity index (χ1n) is 19.3. The Morgan fingerprint density at radius 3 is 1.29 bits per heavy atom. The van der Waals surface area contributed by atoms with E-state index in [1.165, 1.54) is 6.92 Å². The van der Waals surface area contributed by atoms with Gasteiger partial charge >= 0.3 is 0 Å². The third-order valence-electron chi connectivity index (χ3n) is 11.3. The minimum absolute atomic E-state index is 0.106. The van der Waals surface area contributed by atoms with Crippen LogP contribution in [-0.4, -0.2) is 264 Å². The summed E-state index contributed by atoms with van der Waals surface area (Å²) in [6.07, 6.45) is -37.7. The largest absolute Gasteiger partial charge is 0.394 e. The highest BCUT2D eigenvalue weighted by Crippen LogP contribution is 2.37. The molecule has 0 saturated carbocycles. The van der Waals surface area contributed by atoms with Gasteiger partial charge in [0.05, 0.1) is 58.5 Å². The molecule has 25 nitrogen and oxygen atoms in total. The zero-order chi connectivity index (χ0) is 43.5. The van der Waals surface area contributed by atoms with E-state index in [1.807, 2.05) is 0 Å². The summed E-state index contributed by atoms with van der Waals surface area (Å²) in [4.78, 5) is 0. The van der Waals surface area contributed by atoms with E-state index in [4.69, 9.17) is 52.5 Å². The van der Waals surface area contributed by atoms with E-state index >= 15 is 0 Å². The summed E-state index contributed by atoms with van der Waals surface area (Å²) in [6.45, 7) is -1.25. The standard InChI is InChI=1S/C34H60O25/c1-10-17(40)27(14(7-38)54-30(10)50-4-3-35)57-31-11(2)18(41)28(15(8-39)55-31)58-34-26(49)29(59-33-25(48)23(46)20(43)13(6-37)53-33)21(44)16(56-34)9-51-32-24(47)22(45)19(42)12(5-36)52-32/h10-49H,3-9H2,1-2H3. The van der Waals surface area contributed by atoms with Crippen molar-refractivity contribution < 1.29 is 124 Å². The van der Waals surface area contributed by atoms with Crippen molar-refractivity contribution in [1.82, 2.24) is 0 Å². The van der Waals surface area contributed by atoms with Gasteiger partial charge in [0.25, 0.3) is 0 Å². The zero-order valence-electron chi connectivity index (χ0n) is 32.2. The Morgan fingerprint density at radius 2 is 0.763 bits per heavy atom. The SMILES string of the molecule is CC1C(OCCO)OC(CO)C(OC2OC(CO)C(OC3OC(COC4OC(CO)C(O)C(O)C4O)C(O)C(OC4OC(CO)C(O)C(O)C4O)C3O)C(O)C2C)C1O. The predicted molar refractivity (Wildman–Crippen MR) is 184 cm³/mol. The number of aliphatic hydroxyl groups excluding tert-OH is 15. The molecule has 0 spiro atoms. The molecule has 5 aliphatic heterocycles. The topological polar surface area (TPSA) is 396 Å². The van der Waals surface area contributed by atoms with Crippen LogP contribution in [0.1, 0.15) is 13.8 Å². The maximum atomic E-state index is 11.6. The molecule has 0 aromatic carbocycles.